The Morgan fingerprint density at radius 3 is 2.39 bits per heavy atom. The molecule has 0 radical (unpaired) electrons. The zero-order chi connectivity index (χ0) is 25.3. The number of nitrogens with zero attached hydrogens (tertiary/aromatic N) is 1. The summed E-state index contributed by atoms with van der Waals surface area (Å²) in [5.74, 6) is 0.117. The summed E-state index contributed by atoms with van der Waals surface area (Å²) in [6.45, 7) is 1.37. The Balaban J connectivity index is 1.46. The molecule has 0 heterocycles. The number of carbonyl (C=O) groups excluding carboxylic acids is 1. The number of hydrogen-bond donors (Lipinski definition) is 3. The number of halogens is 2. The molecule has 7 heteroatoms. The van der Waals surface area contributed by atoms with E-state index in [1.54, 1.807) is 24.3 Å². The number of benzene rings is 3. The van der Waals surface area contributed by atoms with Crippen LogP contribution in [0.15, 0.2) is 66.7 Å². The number of anilines is 1. The fourth-order valence-electron chi connectivity index (χ4n) is 4.74. The van der Waals surface area contributed by atoms with Crippen molar-refractivity contribution in [3.8, 4) is 17.2 Å². The molecule has 3 N–H and O–H groups in total. The monoisotopic (exact) mass is 520 g/mol. The number of nitrogens with one attached hydrogen (secondary N) is 3. The average molecular weight is 521 g/mol. The van der Waals surface area contributed by atoms with Crippen LogP contribution < -0.4 is 16.0 Å². The molecule has 0 spiro atoms. The topological polar surface area (TPSA) is 77.0 Å². The van der Waals surface area contributed by atoms with Gasteiger partial charge < -0.3 is 16.0 Å². The summed E-state index contributed by atoms with van der Waals surface area (Å²) in [6.07, 6.45) is 5.94. The van der Waals surface area contributed by atoms with E-state index >= 15 is 0 Å². The highest BCUT2D eigenvalue weighted by molar-refractivity contribution is 6.35. The minimum atomic E-state index is -0.306. The van der Waals surface area contributed by atoms with Gasteiger partial charge in [0.2, 0.25) is 0 Å². The van der Waals surface area contributed by atoms with E-state index in [1.165, 1.54) is 25.7 Å². The van der Waals surface area contributed by atoms with Crippen molar-refractivity contribution < 1.29 is 4.79 Å². The van der Waals surface area contributed by atoms with E-state index in [2.05, 4.69) is 40.2 Å². The van der Waals surface area contributed by atoms with Crippen molar-refractivity contribution in [1.82, 2.24) is 10.6 Å². The Hall–Kier alpha value is -3.04. The van der Waals surface area contributed by atoms with Crippen LogP contribution in [0.4, 0.5) is 10.5 Å². The van der Waals surface area contributed by atoms with E-state index in [0.717, 1.165) is 29.7 Å². The van der Waals surface area contributed by atoms with Crippen molar-refractivity contribution in [2.45, 2.75) is 44.1 Å². The van der Waals surface area contributed by atoms with E-state index in [1.807, 2.05) is 24.3 Å². The van der Waals surface area contributed by atoms with Crippen LogP contribution in [0.5, 0.6) is 0 Å². The molecule has 1 fully saturated rings. The molecule has 0 aromatic heterocycles. The molecule has 3 aromatic carbocycles. The Kier molecular flexibility index (Phi) is 9.24. The Bertz CT molecular complexity index is 1210. The summed E-state index contributed by atoms with van der Waals surface area (Å²) < 4.78 is 0. The van der Waals surface area contributed by atoms with Crippen LogP contribution in [-0.2, 0) is 0 Å². The van der Waals surface area contributed by atoms with Crippen LogP contribution >= 0.6 is 23.2 Å². The quantitative estimate of drug-likeness (QED) is 0.275. The molecule has 1 saturated carbocycles. The normalized spacial score (nSPS) is 14.2. The molecule has 4 rings (SSSR count). The summed E-state index contributed by atoms with van der Waals surface area (Å²) >= 11 is 12.1. The van der Waals surface area contributed by atoms with Gasteiger partial charge in [-0.25, -0.2) is 4.79 Å². The summed E-state index contributed by atoms with van der Waals surface area (Å²) in [5.41, 5.74) is 4.38. The molecule has 1 atom stereocenters. The zero-order valence-electron chi connectivity index (χ0n) is 20.1. The van der Waals surface area contributed by atoms with E-state index in [0.29, 0.717) is 33.9 Å². The molecule has 0 bridgehead atoms. The van der Waals surface area contributed by atoms with Gasteiger partial charge in [-0.1, -0.05) is 72.4 Å². The molecule has 186 valence electrons. The minimum absolute atomic E-state index is 0.117. The predicted octanol–water partition coefficient (Wildman–Crippen LogP) is 7.36. The fraction of sp³-hybridized carbons (Fsp3) is 0.310. The highest BCUT2D eigenvalue weighted by Crippen LogP contribution is 2.27. The standard InChI is InChI=1S/C29H30Cl2N4O/c30-25-15-26(31)17-28(16-25)35-29(36)34-19-24(11-12-33-27-9-1-2-10-27)23-8-4-7-22(14-23)21-6-3-5-20(13-21)18-32/h3-8,13-17,24,27,33H,1-2,9-12,19H2,(H2,34,35,36). The second kappa shape index (κ2) is 12.8. The Labute approximate surface area is 222 Å². The molecule has 5 nitrogen and oxygen atoms in total. The van der Waals surface area contributed by atoms with E-state index < -0.39 is 0 Å². The second-order valence-electron chi connectivity index (χ2n) is 9.23. The largest absolute Gasteiger partial charge is 0.337 e. The van der Waals surface area contributed by atoms with E-state index in [9.17, 15) is 10.1 Å². The second-order valence-corrected chi connectivity index (χ2v) is 10.1. The molecule has 3 aromatic rings. The molecule has 2 amide bonds. The summed E-state index contributed by atoms with van der Waals surface area (Å²) in [7, 11) is 0. The highest BCUT2D eigenvalue weighted by atomic mass is 35.5. The summed E-state index contributed by atoms with van der Waals surface area (Å²) in [5, 5.41) is 19.7. The van der Waals surface area contributed by atoms with Gasteiger partial charge in [0.15, 0.2) is 0 Å². The van der Waals surface area contributed by atoms with Crippen molar-refractivity contribution in [3.05, 3.63) is 87.9 Å². The van der Waals surface area contributed by atoms with Gasteiger partial charge in [0, 0.05) is 34.2 Å². The van der Waals surface area contributed by atoms with Crippen LogP contribution in [0, 0.1) is 11.3 Å². The third-order valence-corrected chi connectivity index (χ3v) is 7.03. The maximum Gasteiger partial charge on any atom is 0.319 e. The van der Waals surface area contributed by atoms with Crippen molar-refractivity contribution in [1.29, 1.82) is 5.26 Å². The first-order chi connectivity index (χ1) is 17.5. The zero-order valence-corrected chi connectivity index (χ0v) is 21.6. The lowest BCUT2D eigenvalue weighted by atomic mass is 9.92. The van der Waals surface area contributed by atoms with Gasteiger partial charge in [0.05, 0.1) is 11.6 Å². The first-order valence-electron chi connectivity index (χ1n) is 12.3. The van der Waals surface area contributed by atoms with Crippen LogP contribution in [0.1, 0.15) is 49.1 Å². The first-order valence-corrected chi connectivity index (χ1v) is 13.1. The van der Waals surface area contributed by atoms with Gasteiger partial charge in [-0.05, 0) is 72.8 Å². The van der Waals surface area contributed by atoms with E-state index in [-0.39, 0.29) is 11.9 Å². The van der Waals surface area contributed by atoms with Crippen molar-refractivity contribution in [3.63, 3.8) is 0 Å². The molecule has 0 aliphatic heterocycles. The first kappa shape index (κ1) is 26.0. The van der Waals surface area contributed by atoms with Crippen LogP contribution in [0.25, 0.3) is 11.1 Å². The molecule has 36 heavy (non-hydrogen) atoms. The molecule has 1 aliphatic carbocycles. The van der Waals surface area contributed by atoms with Crippen LogP contribution in [0.2, 0.25) is 10.0 Å². The maximum absolute atomic E-state index is 12.7. The van der Waals surface area contributed by atoms with Gasteiger partial charge in [-0.15, -0.1) is 0 Å². The highest BCUT2D eigenvalue weighted by Gasteiger charge is 2.18. The van der Waals surface area contributed by atoms with Crippen molar-refractivity contribution in [2.24, 2.45) is 0 Å². The van der Waals surface area contributed by atoms with Gasteiger partial charge in [-0.3, -0.25) is 0 Å². The fourth-order valence-corrected chi connectivity index (χ4v) is 5.26. The Morgan fingerprint density at radius 2 is 1.67 bits per heavy atom. The number of nitriles is 1. The van der Waals surface area contributed by atoms with Crippen molar-refractivity contribution >= 4 is 34.9 Å². The lowest BCUT2D eigenvalue weighted by Gasteiger charge is -2.21. The number of amides is 2. The van der Waals surface area contributed by atoms with Gasteiger partial charge in [0.25, 0.3) is 0 Å². The SMILES string of the molecule is N#Cc1cccc(-c2cccc(C(CCNC3CCCC3)CNC(=O)Nc3cc(Cl)cc(Cl)c3)c2)c1. The average Bonchev–Trinajstić information content (AvgIpc) is 3.39. The number of rotatable bonds is 9. The lowest BCUT2D eigenvalue weighted by Crippen LogP contribution is -2.34. The van der Waals surface area contributed by atoms with Gasteiger partial charge in [-0.2, -0.15) is 5.26 Å². The molecular weight excluding hydrogens is 491 g/mol. The van der Waals surface area contributed by atoms with Crippen molar-refractivity contribution in [2.75, 3.05) is 18.4 Å². The molecule has 1 unspecified atom stereocenters. The lowest BCUT2D eigenvalue weighted by molar-refractivity contribution is 0.251. The number of carbonyl (C=O) groups is 1. The third kappa shape index (κ3) is 7.48. The molecule has 0 saturated heterocycles. The van der Waals surface area contributed by atoms with E-state index in [4.69, 9.17) is 23.2 Å². The summed E-state index contributed by atoms with van der Waals surface area (Å²) in [6, 6.07) is 23.4. The Morgan fingerprint density at radius 1 is 0.972 bits per heavy atom. The third-order valence-electron chi connectivity index (χ3n) is 6.59. The smallest absolute Gasteiger partial charge is 0.319 e. The number of urea groups is 1. The number of hydrogen-bond acceptors (Lipinski definition) is 3. The predicted molar refractivity (Wildman–Crippen MR) is 148 cm³/mol. The maximum atomic E-state index is 12.7. The van der Waals surface area contributed by atoms with Crippen LogP contribution in [-0.4, -0.2) is 25.2 Å². The molecular formula is C29H30Cl2N4O. The van der Waals surface area contributed by atoms with Crippen LogP contribution in [0.3, 0.4) is 0 Å². The summed E-state index contributed by atoms with van der Waals surface area (Å²) in [4.78, 5) is 12.7. The molecule has 1 aliphatic rings. The minimum Gasteiger partial charge on any atom is -0.337 e. The van der Waals surface area contributed by atoms with Gasteiger partial charge >= 0.3 is 6.03 Å². The van der Waals surface area contributed by atoms with Gasteiger partial charge in [0.1, 0.15) is 0 Å².